The number of aromatic nitrogens is 1. The van der Waals surface area contributed by atoms with Gasteiger partial charge in [0.1, 0.15) is 18.2 Å². The quantitative estimate of drug-likeness (QED) is 0.690. The SMILES string of the molecule is Fc1ccc2[nH]cc(C3CCCN(CC4COc5ccccc5N4)CC3)c2c1. The van der Waals surface area contributed by atoms with Crippen molar-refractivity contribution in [1.29, 1.82) is 0 Å². The molecule has 5 rings (SSSR count). The summed E-state index contributed by atoms with van der Waals surface area (Å²) in [5.41, 5.74) is 3.39. The molecule has 4 nitrogen and oxygen atoms in total. The number of ether oxygens (including phenoxy) is 1. The number of halogens is 1. The summed E-state index contributed by atoms with van der Waals surface area (Å²) in [5.74, 6) is 1.27. The van der Waals surface area contributed by atoms with Gasteiger partial charge in [0.15, 0.2) is 0 Å². The monoisotopic (exact) mass is 379 g/mol. The summed E-state index contributed by atoms with van der Waals surface area (Å²) in [6.07, 6.45) is 5.50. The molecule has 2 aliphatic rings. The maximum absolute atomic E-state index is 13.7. The van der Waals surface area contributed by atoms with Crippen LogP contribution in [0.2, 0.25) is 0 Å². The van der Waals surface area contributed by atoms with Crippen molar-refractivity contribution in [2.24, 2.45) is 0 Å². The molecule has 2 N–H and O–H groups in total. The fourth-order valence-electron chi connectivity index (χ4n) is 4.68. The number of benzene rings is 2. The summed E-state index contributed by atoms with van der Waals surface area (Å²) in [6.45, 7) is 3.86. The lowest BCUT2D eigenvalue weighted by atomic mass is 9.92. The molecule has 1 saturated heterocycles. The Morgan fingerprint density at radius 1 is 1.11 bits per heavy atom. The van der Waals surface area contributed by atoms with E-state index in [1.54, 1.807) is 6.07 Å². The van der Waals surface area contributed by atoms with E-state index in [0.29, 0.717) is 18.6 Å². The van der Waals surface area contributed by atoms with Gasteiger partial charge in [0.05, 0.1) is 11.7 Å². The lowest BCUT2D eigenvalue weighted by Crippen LogP contribution is -2.42. The van der Waals surface area contributed by atoms with E-state index in [2.05, 4.69) is 27.5 Å². The summed E-state index contributed by atoms with van der Waals surface area (Å²) in [7, 11) is 0. The third-order valence-corrected chi connectivity index (χ3v) is 6.10. The predicted octanol–water partition coefficient (Wildman–Crippen LogP) is 4.75. The van der Waals surface area contributed by atoms with Gasteiger partial charge in [-0.05, 0) is 74.2 Å². The zero-order valence-corrected chi connectivity index (χ0v) is 16.0. The number of nitrogens with zero attached hydrogens (tertiary/aromatic N) is 1. The van der Waals surface area contributed by atoms with Crippen LogP contribution in [0.5, 0.6) is 5.75 Å². The van der Waals surface area contributed by atoms with E-state index in [1.807, 2.05) is 24.3 Å². The number of aromatic amines is 1. The molecule has 0 aliphatic carbocycles. The Kier molecular flexibility index (Phi) is 4.69. The van der Waals surface area contributed by atoms with Gasteiger partial charge in [0, 0.05) is 23.6 Å². The molecule has 0 bridgehead atoms. The Bertz CT molecular complexity index is 969. The van der Waals surface area contributed by atoms with Crippen molar-refractivity contribution in [1.82, 2.24) is 9.88 Å². The van der Waals surface area contributed by atoms with Gasteiger partial charge >= 0.3 is 0 Å². The van der Waals surface area contributed by atoms with E-state index in [4.69, 9.17) is 4.74 Å². The minimum atomic E-state index is -0.160. The molecule has 0 amide bonds. The molecule has 3 heterocycles. The summed E-state index contributed by atoms with van der Waals surface area (Å²) in [6, 6.07) is 13.5. The predicted molar refractivity (Wildman–Crippen MR) is 111 cm³/mol. The Morgan fingerprint density at radius 3 is 3.00 bits per heavy atom. The number of H-pyrrole nitrogens is 1. The van der Waals surface area contributed by atoms with Crippen LogP contribution >= 0.6 is 0 Å². The molecule has 2 aromatic carbocycles. The van der Waals surface area contributed by atoms with Crippen molar-refractivity contribution in [3.63, 3.8) is 0 Å². The first kappa shape index (κ1) is 17.6. The smallest absolute Gasteiger partial charge is 0.142 e. The van der Waals surface area contributed by atoms with Crippen LogP contribution in [0.1, 0.15) is 30.7 Å². The summed E-state index contributed by atoms with van der Waals surface area (Å²) in [4.78, 5) is 5.86. The second-order valence-electron chi connectivity index (χ2n) is 8.01. The van der Waals surface area contributed by atoms with Crippen molar-refractivity contribution in [2.45, 2.75) is 31.2 Å². The molecule has 0 spiro atoms. The van der Waals surface area contributed by atoms with Crippen LogP contribution in [0.4, 0.5) is 10.1 Å². The van der Waals surface area contributed by atoms with Gasteiger partial charge in [-0.1, -0.05) is 12.1 Å². The van der Waals surface area contributed by atoms with Gasteiger partial charge in [0.25, 0.3) is 0 Å². The van der Waals surface area contributed by atoms with Gasteiger partial charge in [0.2, 0.25) is 0 Å². The minimum absolute atomic E-state index is 0.160. The maximum atomic E-state index is 13.7. The van der Waals surface area contributed by atoms with Crippen LogP contribution in [0.15, 0.2) is 48.7 Å². The fourth-order valence-corrected chi connectivity index (χ4v) is 4.68. The normalized spacial score (nSPS) is 22.9. The van der Waals surface area contributed by atoms with Crippen LogP contribution in [0, 0.1) is 5.82 Å². The maximum Gasteiger partial charge on any atom is 0.142 e. The third kappa shape index (κ3) is 3.47. The Morgan fingerprint density at radius 2 is 2.04 bits per heavy atom. The average molecular weight is 379 g/mol. The highest BCUT2D eigenvalue weighted by Crippen LogP contribution is 2.34. The van der Waals surface area contributed by atoms with Gasteiger partial charge in [-0.15, -0.1) is 0 Å². The van der Waals surface area contributed by atoms with Crippen molar-refractivity contribution in [2.75, 3.05) is 31.6 Å². The second kappa shape index (κ2) is 7.47. The molecule has 28 heavy (non-hydrogen) atoms. The van der Waals surface area contributed by atoms with Crippen LogP contribution in [0.25, 0.3) is 10.9 Å². The van der Waals surface area contributed by atoms with Crippen LogP contribution in [-0.2, 0) is 0 Å². The highest BCUT2D eigenvalue weighted by Gasteiger charge is 2.25. The average Bonchev–Trinajstić information content (AvgIpc) is 2.99. The largest absolute Gasteiger partial charge is 0.489 e. The summed E-state index contributed by atoms with van der Waals surface area (Å²) < 4.78 is 19.6. The molecule has 2 aliphatic heterocycles. The van der Waals surface area contributed by atoms with Gasteiger partial charge in [-0.3, -0.25) is 0 Å². The lowest BCUT2D eigenvalue weighted by molar-refractivity contribution is 0.217. The number of rotatable bonds is 3. The van der Waals surface area contributed by atoms with E-state index < -0.39 is 0 Å². The molecule has 2 unspecified atom stereocenters. The van der Waals surface area contributed by atoms with E-state index in [9.17, 15) is 4.39 Å². The van der Waals surface area contributed by atoms with Gasteiger partial charge in [-0.25, -0.2) is 4.39 Å². The number of hydrogen-bond acceptors (Lipinski definition) is 3. The molecule has 3 aromatic rings. The Labute approximate surface area is 164 Å². The first-order chi connectivity index (χ1) is 13.8. The van der Waals surface area contributed by atoms with Crippen molar-refractivity contribution in [3.05, 3.63) is 60.0 Å². The van der Waals surface area contributed by atoms with Crippen LogP contribution < -0.4 is 10.1 Å². The number of fused-ring (bicyclic) bond motifs is 2. The molecular formula is C23H26FN3O. The first-order valence-corrected chi connectivity index (χ1v) is 10.2. The molecule has 1 aromatic heterocycles. The molecule has 2 atom stereocenters. The zero-order chi connectivity index (χ0) is 18.9. The molecular weight excluding hydrogens is 353 g/mol. The summed E-state index contributed by atoms with van der Waals surface area (Å²) >= 11 is 0. The van der Waals surface area contributed by atoms with Crippen LogP contribution in [-0.4, -0.2) is 42.2 Å². The van der Waals surface area contributed by atoms with Crippen molar-refractivity contribution in [3.8, 4) is 5.75 Å². The number of hydrogen-bond donors (Lipinski definition) is 2. The number of para-hydroxylation sites is 2. The topological polar surface area (TPSA) is 40.3 Å². The highest BCUT2D eigenvalue weighted by atomic mass is 19.1. The second-order valence-corrected chi connectivity index (χ2v) is 8.01. The van der Waals surface area contributed by atoms with E-state index in [0.717, 1.165) is 61.2 Å². The molecule has 0 saturated carbocycles. The first-order valence-electron chi connectivity index (χ1n) is 10.2. The number of likely N-dealkylation sites (tertiary alicyclic amines) is 1. The van der Waals surface area contributed by atoms with E-state index in [1.165, 1.54) is 11.6 Å². The standard InChI is InChI=1S/C23H26FN3O/c24-17-7-8-21-19(12-17)20(13-25-21)16-4-3-10-27(11-9-16)14-18-15-28-23-6-2-1-5-22(23)26-18/h1-2,5-8,12-13,16,18,25-26H,3-4,9-11,14-15H2. The number of anilines is 1. The lowest BCUT2D eigenvalue weighted by Gasteiger charge is -2.31. The fraction of sp³-hybridized carbons (Fsp3) is 0.391. The van der Waals surface area contributed by atoms with Crippen LogP contribution in [0.3, 0.4) is 0 Å². The Balaban J connectivity index is 1.24. The van der Waals surface area contributed by atoms with Crippen molar-refractivity contribution < 1.29 is 9.13 Å². The molecule has 5 heteroatoms. The number of nitrogens with one attached hydrogen (secondary N) is 2. The summed E-state index contributed by atoms with van der Waals surface area (Å²) in [5, 5.41) is 4.66. The molecule has 0 radical (unpaired) electrons. The molecule has 1 fully saturated rings. The van der Waals surface area contributed by atoms with E-state index in [-0.39, 0.29) is 5.82 Å². The minimum Gasteiger partial charge on any atom is -0.489 e. The van der Waals surface area contributed by atoms with Crippen molar-refractivity contribution >= 4 is 16.6 Å². The Hall–Kier alpha value is -2.53. The van der Waals surface area contributed by atoms with Gasteiger partial charge < -0.3 is 19.9 Å². The van der Waals surface area contributed by atoms with Gasteiger partial charge in [-0.2, -0.15) is 0 Å². The van der Waals surface area contributed by atoms with E-state index >= 15 is 0 Å². The third-order valence-electron chi connectivity index (χ3n) is 6.10. The molecule has 146 valence electrons. The zero-order valence-electron chi connectivity index (χ0n) is 16.0. The highest BCUT2D eigenvalue weighted by molar-refractivity contribution is 5.83.